The molecule has 0 atom stereocenters. The number of hydrogen-bond donors (Lipinski definition) is 0. The van der Waals surface area contributed by atoms with Crippen LogP contribution in [-0.2, 0) is 10.0 Å². The number of rotatable bonds is 4. The summed E-state index contributed by atoms with van der Waals surface area (Å²) in [4.78, 5) is 14.1. The van der Waals surface area contributed by atoms with Crippen LogP contribution in [0, 0.1) is 19.7 Å². The average Bonchev–Trinajstić information content (AvgIpc) is 3.36. The van der Waals surface area contributed by atoms with Crippen molar-refractivity contribution in [1.82, 2.24) is 19.0 Å². The Morgan fingerprint density at radius 2 is 1.73 bits per heavy atom. The minimum Gasteiger partial charge on any atom is -0.459 e. The maximum Gasteiger partial charge on any atom is 0.289 e. The van der Waals surface area contributed by atoms with E-state index in [2.05, 4.69) is 5.10 Å². The number of aryl methyl sites for hydroxylation is 1. The van der Waals surface area contributed by atoms with Crippen LogP contribution in [-0.4, -0.2) is 59.5 Å². The zero-order valence-electron chi connectivity index (χ0n) is 16.6. The van der Waals surface area contributed by atoms with Crippen LogP contribution in [0.2, 0.25) is 0 Å². The van der Waals surface area contributed by atoms with Crippen molar-refractivity contribution in [2.75, 3.05) is 26.2 Å². The largest absolute Gasteiger partial charge is 0.459 e. The molecule has 0 spiro atoms. The Morgan fingerprint density at radius 1 is 1.07 bits per heavy atom. The van der Waals surface area contributed by atoms with E-state index < -0.39 is 10.0 Å². The number of piperazine rings is 1. The predicted octanol–water partition coefficient (Wildman–Crippen LogP) is 2.37. The lowest BCUT2D eigenvalue weighted by Gasteiger charge is -2.33. The lowest BCUT2D eigenvalue weighted by molar-refractivity contribution is 0.0666. The fourth-order valence-corrected chi connectivity index (χ4v) is 5.43. The highest BCUT2D eigenvalue weighted by atomic mass is 32.2. The molecule has 158 valence electrons. The van der Waals surface area contributed by atoms with Crippen LogP contribution in [0.4, 0.5) is 4.39 Å². The van der Waals surface area contributed by atoms with Crippen molar-refractivity contribution in [3.05, 3.63) is 65.6 Å². The number of carbonyl (C=O) groups excluding carboxylic acids is 1. The fraction of sp³-hybridized carbons (Fsp3) is 0.300. The summed E-state index contributed by atoms with van der Waals surface area (Å²) in [5.41, 5.74) is 1.39. The molecule has 2 aromatic heterocycles. The van der Waals surface area contributed by atoms with Gasteiger partial charge >= 0.3 is 0 Å². The molecule has 1 saturated heterocycles. The summed E-state index contributed by atoms with van der Waals surface area (Å²) in [6, 6.07) is 8.92. The molecule has 0 aliphatic carbocycles. The molecule has 1 aliphatic heterocycles. The zero-order chi connectivity index (χ0) is 21.5. The van der Waals surface area contributed by atoms with Crippen molar-refractivity contribution in [2.24, 2.45) is 0 Å². The number of nitrogens with zero attached hydrogens (tertiary/aromatic N) is 4. The highest BCUT2D eigenvalue weighted by molar-refractivity contribution is 7.89. The van der Waals surface area contributed by atoms with E-state index in [1.165, 1.54) is 27.4 Å². The number of halogens is 1. The number of hydrogen-bond acceptors (Lipinski definition) is 5. The van der Waals surface area contributed by atoms with Crippen LogP contribution in [0.3, 0.4) is 0 Å². The van der Waals surface area contributed by atoms with Gasteiger partial charge in [-0.05, 0) is 50.2 Å². The second-order valence-corrected chi connectivity index (χ2v) is 8.94. The van der Waals surface area contributed by atoms with E-state index in [4.69, 9.17) is 4.42 Å². The number of aromatic nitrogens is 2. The monoisotopic (exact) mass is 432 g/mol. The van der Waals surface area contributed by atoms with Crippen LogP contribution in [0.25, 0.3) is 5.69 Å². The average molecular weight is 432 g/mol. The molecule has 1 aromatic carbocycles. The molecule has 0 radical (unpaired) electrons. The Kier molecular flexibility index (Phi) is 5.20. The lowest BCUT2D eigenvalue weighted by Crippen LogP contribution is -2.50. The first-order valence-corrected chi connectivity index (χ1v) is 10.9. The number of benzene rings is 1. The Labute approximate surface area is 173 Å². The van der Waals surface area contributed by atoms with Crippen LogP contribution in [0.5, 0.6) is 0 Å². The Hall–Kier alpha value is -2.98. The summed E-state index contributed by atoms with van der Waals surface area (Å²) in [7, 11) is -3.81. The Morgan fingerprint density at radius 3 is 2.33 bits per heavy atom. The van der Waals surface area contributed by atoms with Gasteiger partial charge in [-0.1, -0.05) is 0 Å². The molecule has 1 aliphatic rings. The molecule has 30 heavy (non-hydrogen) atoms. The molecule has 0 bridgehead atoms. The SMILES string of the molecule is Cc1nn(-c2ccc(F)cc2)c(C)c1S(=O)(=O)N1CCN(C(=O)c2ccco2)CC1. The van der Waals surface area contributed by atoms with Crippen molar-refractivity contribution in [2.45, 2.75) is 18.7 Å². The van der Waals surface area contributed by atoms with Crippen LogP contribution >= 0.6 is 0 Å². The van der Waals surface area contributed by atoms with Crippen molar-refractivity contribution in [1.29, 1.82) is 0 Å². The van der Waals surface area contributed by atoms with Gasteiger partial charge in [0.2, 0.25) is 10.0 Å². The van der Waals surface area contributed by atoms with Crippen molar-refractivity contribution < 1.29 is 22.0 Å². The van der Waals surface area contributed by atoms with Gasteiger partial charge in [-0.2, -0.15) is 9.40 Å². The van der Waals surface area contributed by atoms with Crippen molar-refractivity contribution in [3.8, 4) is 5.69 Å². The summed E-state index contributed by atoms with van der Waals surface area (Å²) < 4.78 is 47.9. The molecule has 3 heterocycles. The quantitative estimate of drug-likeness (QED) is 0.632. The maximum absolute atomic E-state index is 13.3. The number of carbonyl (C=O) groups is 1. The summed E-state index contributed by atoms with van der Waals surface area (Å²) in [5.74, 6) is -0.401. The van der Waals surface area contributed by atoms with Gasteiger partial charge in [-0.15, -0.1) is 0 Å². The van der Waals surface area contributed by atoms with Crippen LogP contribution in [0.15, 0.2) is 52.0 Å². The van der Waals surface area contributed by atoms with Crippen LogP contribution in [0.1, 0.15) is 21.9 Å². The van der Waals surface area contributed by atoms with Gasteiger partial charge in [-0.3, -0.25) is 4.79 Å². The topological polar surface area (TPSA) is 88.7 Å². The number of sulfonamides is 1. The minimum absolute atomic E-state index is 0.137. The van der Waals surface area contributed by atoms with E-state index in [1.807, 2.05) is 0 Å². The molecule has 1 fully saturated rings. The maximum atomic E-state index is 13.3. The molecule has 8 nitrogen and oxygen atoms in total. The van der Waals surface area contributed by atoms with Crippen molar-refractivity contribution in [3.63, 3.8) is 0 Å². The van der Waals surface area contributed by atoms with Crippen LogP contribution < -0.4 is 0 Å². The second kappa shape index (κ2) is 7.69. The summed E-state index contributed by atoms with van der Waals surface area (Å²) in [6.45, 7) is 4.19. The van der Waals surface area contributed by atoms with Gasteiger partial charge in [-0.25, -0.2) is 17.5 Å². The third kappa shape index (κ3) is 3.52. The third-order valence-electron chi connectivity index (χ3n) is 5.15. The Bertz CT molecular complexity index is 1160. The van der Waals surface area contributed by atoms with Crippen molar-refractivity contribution >= 4 is 15.9 Å². The molecule has 0 N–H and O–H groups in total. The normalized spacial score (nSPS) is 15.5. The molecule has 3 aromatic rings. The Balaban J connectivity index is 1.56. The first-order chi connectivity index (χ1) is 14.3. The van der Waals surface area contributed by atoms with Gasteiger partial charge < -0.3 is 9.32 Å². The molecule has 10 heteroatoms. The van der Waals surface area contributed by atoms with E-state index in [9.17, 15) is 17.6 Å². The zero-order valence-corrected chi connectivity index (χ0v) is 17.4. The summed E-state index contributed by atoms with van der Waals surface area (Å²) >= 11 is 0. The first kappa shape index (κ1) is 20.3. The van der Waals surface area contributed by atoms with Gasteiger partial charge in [0.25, 0.3) is 5.91 Å². The molecule has 1 amide bonds. The summed E-state index contributed by atoms with van der Waals surface area (Å²) in [5, 5.41) is 4.36. The van der Waals surface area contributed by atoms with Gasteiger partial charge in [0, 0.05) is 26.2 Å². The van der Waals surface area contributed by atoms with E-state index >= 15 is 0 Å². The standard InChI is InChI=1S/C20H21FN4O4S/c1-14-19(15(2)25(22-14)17-7-5-16(21)6-8-17)30(27,28)24-11-9-23(10-12-24)20(26)18-4-3-13-29-18/h3-8,13H,9-12H2,1-2H3. The molecule has 4 rings (SSSR count). The highest BCUT2D eigenvalue weighted by Gasteiger charge is 2.34. The first-order valence-electron chi connectivity index (χ1n) is 9.44. The molecular weight excluding hydrogens is 411 g/mol. The van der Waals surface area contributed by atoms with Gasteiger partial charge in [0.15, 0.2) is 5.76 Å². The summed E-state index contributed by atoms with van der Waals surface area (Å²) in [6.07, 6.45) is 1.43. The van der Waals surface area contributed by atoms with E-state index in [0.717, 1.165) is 0 Å². The highest BCUT2D eigenvalue weighted by Crippen LogP contribution is 2.27. The minimum atomic E-state index is -3.81. The third-order valence-corrected chi connectivity index (χ3v) is 7.30. The molecule has 0 unspecified atom stereocenters. The lowest BCUT2D eigenvalue weighted by atomic mass is 10.3. The second-order valence-electron chi connectivity index (χ2n) is 7.06. The smallest absolute Gasteiger partial charge is 0.289 e. The van der Waals surface area contributed by atoms with Gasteiger partial charge in [0.1, 0.15) is 10.7 Å². The fourth-order valence-electron chi connectivity index (χ4n) is 3.65. The van der Waals surface area contributed by atoms with E-state index in [0.29, 0.717) is 17.1 Å². The molecular formula is C20H21FN4O4S. The van der Waals surface area contributed by atoms with E-state index in [1.54, 1.807) is 43.0 Å². The van der Waals surface area contributed by atoms with Gasteiger partial charge in [0.05, 0.1) is 23.3 Å². The van der Waals surface area contributed by atoms with E-state index in [-0.39, 0.29) is 48.6 Å². The molecule has 0 saturated carbocycles. The predicted molar refractivity (Wildman–Crippen MR) is 106 cm³/mol. The number of furan rings is 1. The number of amides is 1.